The van der Waals surface area contributed by atoms with Gasteiger partial charge in [-0.05, 0) is 54.7 Å². The molecule has 0 saturated heterocycles. The monoisotopic (exact) mass is 393 g/mol. The number of aryl methyl sites for hydroxylation is 1. The van der Waals surface area contributed by atoms with Crippen molar-refractivity contribution in [1.29, 1.82) is 0 Å². The molecule has 1 saturated carbocycles. The van der Waals surface area contributed by atoms with Crippen LogP contribution in [0.25, 0.3) is 21.9 Å². The fraction of sp³-hybridized carbons (Fsp3) is 0.478. The number of hydrogen-bond acceptors (Lipinski definition) is 5. The van der Waals surface area contributed by atoms with E-state index in [0.29, 0.717) is 6.04 Å². The second-order valence-electron chi connectivity index (χ2n) is 8.08. The molecular weight excluding hydrogens is 362 g/mol. The quantitative estimate of drug-likeness (QED) is 0.569. The fourth-order valence-corrected chi connectivity index (χ4v) is 4.17. The largest absolute Gasteiger partial charge is 0.383 e. The van der Waals surface area contributed by atoms with Gasteiger partial charge in [0.15, 0.2) is 0 Å². The minimum Gasteiger partial charge on any atom is -0.383 e. The molecule has 2 heterocycles. The highest BCUT2D eigenvalue weighted by atomic mass is 16.5. The molecule has 29 heavy (non-hydrogen) atoms. The number of nitrogens with one attached hydrogen (secondary N) is 2. The van der Waals surface area contributed by atoms with Crippen molar-refractivity contribution in [2.24, 2.45) is 13.0 Å². The van der Waals surface area contributed by atoms with E-state index in [-0.39, 0.29) is 0 Å². The maximum atomic E-state index is 5.12. The van der Waals surface area contributed by atoms with Crippen LogP contribution in [-0.2, 0) is 11.8 Å². The Kier molecular flexibility index (Phi) is 6.42. The van der Waals surface area contributed by atoms with Gasteiger partial charge in [-0.2, -0.15) is 5.10 Å². The van der Waals surface area contributed by atoms with Gasteiger partial charge in [-0.3, -0.25) is 4.68 Å². The molecule has 4 rings (SSSR count). The van der Waals surface area contributed by atoms with E-state index in [1.165, 1.54) is 36.6 Å². The molecule has 0 radical (unpaired) electrons. The molecule has 1 aliphatic carbocycles. The topological polar surface area (TPSA) is 64.0 Å². The van der Waals surface area contributed by atoms with Crippen LogP contribution in [0.2, 0.25) is 0 Å². The lowest BCUT2D eigenvalue weighted by Gasteiger charge is -2.29. The molecule has 6 nitrogen and oxygen atoms in total. The second kappa shape index (κ2) is 9.37. The summed E-state index contributed by atoms with van der Waals surface area (Å²) in [5.41, 5.74) is 2.32. The summed E-state index contributed by atoms with van der Waals surface area (Å²) in [6.07, 6.45) is 10.9. The molecule has 0 atom stereocenters. The molecule has 154 valence electrons. The summed E-state index contributed by atoms with van der Waals surface area (Å²) in [5, 5.41) is 13.8. The highest BCUT2D eigenvalue weighted by Gasteiger charge is 2.20. The minimum absolute atomic E-state index is 0.645. The van der Waals surface area contributed by atoms with Crippen molar-refractivity contribution in [3.63, 3.8) is 0 Å². The van der Waals surface area contributed by atoms with Crippen LogP contribution in [0.1, 0.15) is 25.7 Å². The Hall–Kier alpha value is -2.44. The molecule has 3 aromatic rings. The first-order valence-corrected chi connectivity index (χ1v) is 10.6. The molecule has 0 unspecified atom stereocenters. The molecule has 1 aliphatic rings. The Labute approximate surface area is 172 Å². The zero-order valence-electron chi connectivity index (χ0n) is 17.4. The predicted octanol–water partition coefficient (Wildman–Crippen LogP) is 3.84. The van der Waals surface area contributed by atoms with E-state index >= 15 is 0 Å². The number of methoxy groups -OCH3 is 1. The Morgan fingerprint density at radius 1 is 1.07 bits per heavy atom. The van der Waals surface area contributed by atoms with E-state index in [4.69, 9.17) is 4.74 Å². The predicted molar refractivity (Wildman–Crippen MR) is 118 cm³/mol. The van der Waals surface area contributed by atoms with Crippen LogP contribution in [0.3, 0.4) is 0 Å². The standard InChI is InChI=1S/C23H31N5O/c1-28-16-21(15-27-28)18-5-6-19-14-26-23(12-20(19)11-18)25-13-17-3-7-22(8-4-17)24-9-10-29-2/h5-6,11-12,14-17,22,24H,3-4,7-10,13H2,1-2H3,(H,25,26). The first-order chi connectivity index (χ1) is 14.2. The normalized spacial score (nSPS) is 19.5. The van der Waals surface area contributed by atoms with Crippen LogP contribution in [0.15, 0.2) is 42.9 Å². The van der Waals surface area contributed by atoms with E-state index in [1.54, 1.807) is 7.11 Å². The number of ether oxygens (including phenoxy) is 1. The maximum absolute atomic E-state index is 5.12. The number of nitrogens with zero attached hydrogens (tertiary/aromatic N) is 3. The van der Waals surface area contributed by atoms with Crippen molar-refractivity contribution < 1.29 is 4.74 Å². The molecule has 0 amide bonds. The zero-order valence-corrected chi connectivity index (χ0v) is 17.4. The Balaban J connectivity index is 1.34. The van der Waals surface area contributed by atoms with Gasteiger partial charge in [-0.15, -0.1) is 0 Å². The molecule has 0 aliphatic heterocycles. The molecule has 1 aromatic carbocycles. The molecule has 0 spiro atoms. The lowest BCUT2D eigenvalue weighted by atomic mass is 9.86. The van der Waals surface area contributed by atoms with Crippen LogP contribution in [0.5, 0.6) is 0 Å². The molecular formula is C23H31N5O. The molecule has 0 bridgehead atoms. The SMILES string of the molecule is COCCNC1CCC(CNc2cc3cc(-c4cnn(C)c4)ccc3cn2)CC1. The summed E-state index contributed by atoms with van der Waals surface area (Å²) in [7, 11) is 3.70. The highest BCUT2D eigenvalue weighted by Crippen LogP contribution is 2.27. The molecule has 2 aromatic heterocycles. The summed E-state index contributed by atoms with van der Waals surface area (Å²) < 4.78 is 6.96. The number of rotatable bonds is 8. The summed E-state index contributed by atoms with van der Waals surface area (Å²) in [6, 6.07) is 9.29. The van der Waals surface area contributed by atoms with Gasteiger partial charge in [0, 0.05) is 56.6 Å². The Morgan fingerprint density at radius 2 is 1.93 bits per heavy atom. The highest BCUT2D eigenvalue weighted by molar-refractivity contribution is 5.88. The maximum Gasteiger partial charge on any atom is 0.126 e. The van der Waals surface area contributed by atoms with E-state index in [1.807, 2.05) is 30.3 Å². The first kappa shape index (κ1) is 19.9. The lowest BCUT2D eigenvalue weighted by molar-refractivity contribution is 0.189. The van der Waals surface area contributed by atoms with Gasteiger partial charge < -0.3 is 15.4 Å². The average molecular weight is 394 g/mol. The van der Waals surface area contributed by atoms with Crippen molar-refractivity contribution in [2.45, 2.75) is 31.7 Å². The van der Waals surface area contributed by atoms with Gasteiger partial charge >= 0.3 is 0 Å². The van der Waals surface area contributed by atoms with E-state index < -0.39 is 0 Å². The van der Waals surface area contributed by atoms with E-state index in [0.717, 1.165) is 42.4 Å². The van der Waals surface area contributed by atoms with E-state index in [2.05, 4.69) is 45.0 Å². The molecule has 2 N–H and O–H groups in total. The fourth-order valence-electron chi connectivity index (χ4n) is 4.17. The third kappa shape index (κ3) is 5.14. The number of fused-ring (bicyclic) bond motifs is 1. The number of anilines is 1. The van der Waals surface area contributed by atoms with Gasteiger partial charge in [-0.1, -0.05) is 12.1 Å². The van der Waals surface area contributed by atoms with Crippen molar-refractivity contribution in [1.82, 2.24) is 20.1 Å². The molecule has 6 heteroatoms. The third-order valence-corrected chi connectivity index (χ3v) is 5.92. The number of pyridine rings is 1. The van der Waals surface area contributed by atoms with Gasteiger partial charge in [0.1, 0.15) is 5.82 Å². The number of benzene rings is 1. The van der Waals surface area contributed by atoms with E-state index in [9.17, 15) is 0 Å². The molecule has 1 fully saturated rings. The van der Waals surface area contributed by atoms with Gasteiger partial charge in [0.05, 0.1) is 12.8 Å². The summed E-state index contributed by atoms with van der Waals surface area (Å²) in [6.45, 7) is 2.73. The lowest BCUT2D eigenvalue weighted by Crippen LogP contribution is -2.36. The second-order valence-corrected chi connectivity index (χ2v) is 8.08. The first-order valence-electron chi connectivity index (χ1n) is 10.6. The van der Waals surface area contributed by atoms with Gasteiger partial charge in [0.2, 0.25) is 0 Å². The van der Waals surface area contributed by atoms with Crippen molar-refractivity contribution in [2.75, 3.05) is 32.1 Å². The number of hydrogen-bond donors (Lipinski definition) is 2. The zero-order chi connectivity index (χ0) is 20.1. The summed E-state index contributed by atoms with van der Waals surface area (Å²) in [5.74, 6) is 1.68. The minimum atomic E-state index is 0.645. The van der Waals surface area contributed by atoms with Crippen LogP contribution < -0.4 is 10.6 Å². The summed E-state index contributed by atoms with van der Waals surface area (Å²) >= 11 is 0. The van der Waals surface area contributed by atoms with Crippen LogP contribution in [-0.4, -0.2) is 47.6 Å². The van der Waals surface area contributed by atoms with Crippen molar-refractivity contribution in [3.8, 4) is 11.1 Å². The summed E-state index contributed by atoms with van der Waals surface area (Å²) in [4.78, 5) is 4.61. The average Bonchev–Trinajstić information content (AvgIpc) is 3.19. The van der Waals surface area contributed by atoms with Gasteiger partial charge in [-0.25, -0.2) is 4.98 Å². The Morgan fingerprint density at radius 3 is 2.69 bits per heavy atom. The number of aromatic nitrogens is 3. The van der Waals surface area contributed by atoms with Crippen LogP contribution in [0.4, 0.5) is 5.82 Å². The van der Waals surface area contributed by atoms with Gasteiger partial charge in [0.25, 0.3) is 0 Å². The van der Waals surface area contributed by atoms with Crippen molar-refractivity contribution in [3.05, 3.63) is 42.9 Å². The Bertz CT molecular complexity index is 930. The van der Waals surface area contributed by atoms with Crippen LogP contribution >= 0.6 is 0 Å². The van der Waals surface area contributed by atoms with Crippen molar-refractivity contribution >= 4 is 16.6 Å². The van der Waals surface area contributed by atoms with Crippen LogP contribution in [0, 0.1) is 5.92 Å². The smallest absolute Gasteiger partial charge is 0.126 e. The third-order valence-electron chi connectivity index (χ3n) is 5.92.